The fourth-order valence-electron chi connectivity index (χ4n) is 3.18. The van der Waals surface area contributed by atoms with Crippen molar-refractivity contribution in [3.8, 4) is 23.3 Å². The van der Waals surface area contributed by atoms with Gasteiger partial charge in [-0.1, -0.05) is 0 Å². The third-order valence-corrected chi connectivity index (χ3v) is 4.62. The second kappa shape index (κ2) is 7.44. The molecular formula is C22H17N3O4. The summed E-state index contributed by atoms with van der Waals surface area (Å²) in [5.41, 5.74) is 7.99. The van der Waals surface area contributed by atoms with Gasteiger partial charge in [0.2, 0.25) is 5.88 Å². The van der Waals surface area contributed by atoms with Crippen LogP contribution in [-0.4, -0.2) is 18.4 Å². The molecule has 0 bridgehead atoms. The van der Waals surface area contributed by atoms with Crippen molar-refractivity contribution in [1.29, 1.82) is 5.26 Å². The summed E-state index contributed by atoms with van der Waals surface area (Å²) in [6, 6.07) is 16.0. The monoisotopic (exact) mass is 387 g/mol. The van der Waals surface area contributed by atoms with Gasteiger partial charge in [0.1, 0.15) is 34.7 Å². The zero-order chi connectivity index (χ0) is 20.4. The number of fused-ring (bicyclic) bond motifs is 1. The van der Waals surface area contributed by atoms with Crippen LogP contribution in [0.15, 0.2) is 75.7 Å². The topological polar surface area (TPSA) is 114 Å². The average Bonchev–Trinajstić information content (AvgIpc) is 3.26. The minimum Gasteiger partial charge on any atom is -0.507 e. The van der Waals surface area contributed by atoms with Crippen molar-refractivity contribution in [1.82, 2.24) is 0 Å². The Kier molecular flexibility index (Phi) is 4.67. The van der Waals surface area contributed by atoms with Gasteiger partial charge in [0, 0.05) is 23.4 Å². The lowest BCUT2D eigenvalue weighted by Gasteiger charge is -2.25. The quantitative estimate of drug-likeness (QED) is 0.655. The molecule has 144 valence electrons. The first-order valence-electron chi connectivity index (χ1n) is 8.76. The molecule has 0 radical (unpaired) electrons. The van der Waals surface area contributed by atoms with Crippen LogP contribution < -0.4 is 15.2 Å². The van der Waals surface area contributed by atoms with E-state index in [1.54, 1.807) is 55.8 Å². The summed E-state index contributed by atoms with van der Waals surface area (Å²) in [5, 5.41) is 20.0. The molecule has 1 aliphatic heterocycles. The summed E-state index contributed by atoms with van der Waals surface area (Å²) in [6.07, 6.45) is 3.08. The number of aliphatic imine (C=N–C) groups is 1. The Morgan fingerprint density at radius 3 is 2.69 bits per heavy atom. The molecular weight excluding hydrogens is 370 g/mol. The first-order valence-corrected chi connectivity index (χ1v) is 8.76. The van der Waals surface area contributed by atoms with Gasteiger partial charge in [-0.3, -0.25) is 4.99 Å². The van der Waals surface area contributed by atoms with Gasteiger partial charge >= 0.3 is 0 Å². The lowest BCUT2D eigenvalue weighted by molar-refractivity contribution is 0.379. The molecule has 0 saturated heterocycles. The minimum absolute atomic E-state index is 0.0135. The van der Waals surface area contributed by atoms with Crippen LogP contribution in [0.5, 0.6) is 17.2 Å². The Morgan fingerprint density at radius 1 is 1.24 bits per heavy atom. The van der Waals surface area contributed by atoms with Crippen molar-refractivity contribution >= 4 is 11.9 Å². The van der Waals surface area contributed by atoms with Crippen LogP contribution in [0.3, 0.4) is 0 Å². The second-order valence-electron chi connectivity index (χ2n) is 6.35. The molecule has 0 amide bonds. The van der Waals surface area contributed by atoms with E-state index in [-0.39, 0.29) is 17.2 Å². The van der Waals surface area contributed by atoms with Crippen LogP contribution in [0, 0.1) is 11.3 Å². The molecule has 1 atom stereocenters. The predicted molar refractivity (Wildman–Crippen MR) is 106 cm³/mol. The van der Waals surface area contributed by atoms with Crippen LogP contribution in [0.2, 0.25) is 0 Å². The van der Waals surface area contributed by atoms with E-state index in [9.17, 15) is 10.4 Å². The Labute approximate surface area is 166 Å². The van der Waals surface area contributed by atoms with E-state index >= 15 is 0 Å². The molecule has 1 aromatic heterocycles. The standard InChI is InChI=1S/C22H17N3O4/c1-27-15-6-4-14(5-7-15)25-12-13-9-16-20(10-18(13)26)29-22(24)17(11-23)21(16)19-3-2-8-28-19/h2-10,12,21,26H,24H2,1H3/t21-/m0/s1. The van der Waals surface area contributed by atoms with Gasteiger partial charge in [0.15, 0.2) is 0 Å². The normalized spacial score (nSPS) is 15.7. The maximum atomic E-state index is 10.4. The molecule has 2 heterocycles. The molecule has 0 spiro atoms. The summed E-state index contributed by atoms with van der Waals surface area (Å²) in [6.45, 7) is 0. The fraction of sp³-hybridized carbons (Fsp3) is 0.0909. The second-order valence-corrected chi connectivity index (χ2v) is 6.35. The van der Waals surface area contributed by atoms with Crippen molar-refractivity contribution in [2.45, 2.75) is 5.92 Å². The third kappa shape index (κ3) is 3.39. The summed E-state index contributed by atoms with van der Waals surface area (Å²) in [7, 11) is 1.59. The molecule has 3 aromatic rings. The lowest BCUT2D eigenvalue weighted by Crippen LogP contribution is -2.21. The molecule has 0 fully saturated rings. The molecule has 7 heteroatoms. The van der Waals surface area contributed by atoms with E-state index in [1.165, 1.54) is 12.3 Å². The van der Waals surface area contributed by atoms with E-state index < -0.39 is 5.92 Å². The third-order valence-electron chi connectivity index (χ3n) is 4.62. The smallest absolute Gasteiger partial charge is 0.205 e. The van der Waals surface area contributed by atoms with E-state index in [0.717, 1.165) is 5.75 Å². The van der Waals surface area contributed by atoms with Crippen molar-refractivity contribution in [3.05, 3.63) is 83.1 Å². The van der Waals surface area contributed by atoms with Gasteiger partial charge in [-0.05, 0) is 42.5 Å². The van der Waals surface area contributed by atoms with Crippen LogP contribution >= 0.6 is 0 Å². The number of rotatable bonds is 4. The van der Waals surface area contributed by atoms with E-state index in [2.05, 4.69) is 11.1 Å². The molecule has 7 nitrogen and oxygen atoms in total. The number of furan rings is 1. The number of aromatic hydroxyl groups is 1. The van der Waals surface area contributed by atoms with Gasteiger partial charge in [-0.2, -0.15) is 5.26 Å². The number of nitriles is 1. The van der Waals surface area contributed by atoms with Crippen LogP contribution in [0.1, 0.15) is 22.8 Å². The number of nitrogens with zero attached hydrogens (tertiary/aromatic N) is 2. The molecule has 2 aromatic carbocycles. The van der Waals surface area contributed by atoms with Gasteiger partial charge in [0.25, 0.3) is 0 Å². The molecule has 3 N–H and O–H groups in total. The van der Waals surface area contributed by atoms with Gasteiger partial charge < -0.3 is 24.7 Å². The predicted octanol–water partition coefficient (Wildman–Crippen LogP) is 3.96. The van der Waals surface area contributed by atoms with Crippen molar-refractivity contribution in [2.75, 3.05) is 7.11 Å². The fourth-order valence-corrected chi connectivity index (χ4v) is 3.18. The van der Waals surface area contributed by atoms with E-state index in [4.69, 9.17) is 19.6 Å². The van der Waals surface area contributed by atoms with Crippen molar-refractivity contribution < 1.29 is 19.0 Å². The molecule has 4 rings (SSSR count). The van der Waals surface area contributed by atoms with Crippen LogP contribution in [0.4, 0.5) is 5.69 Å². The lowest BCUT2D eigenvalue weighted by atomic mass is 9.86. The van der Waals surface area contributed by atoms with Crippen molar-refractivity contribution in [2.24, 2.45) is 10.7 Å². The number of nitrogens with two attached hydrogens (primary N) is 1. The number of hydrogen-bond acceptors (Lipinski definition) is 7. The minimum atomic E-state index is -0.535. The summed E-state index contributed by atoms with van der Waals surface area (Å²) >= 11 is 0. The molecule has 0 unspecified atom stereocenters. The highest BCUT2D eigenvalue weighted by Crippen LogP contribution is 2.44. The van der Waals surface area contributed by atoms with Crippen LogP contribution in [0.25, 0.3) is 0 Å². The maximum Gasteiger partial charge on any atom is 0.205 e. The largest absolute Gasteiger partial charge is 0.507 e. The SMILES string of the molecule is COc1ccc(N=Cc2cc3c(cc2O)OC(N)=C(C#N)[C@H]3c2ccco2)cc1. The Balaban J connectivity index is 1.76. The highest BCUT2D eigenvalue weighted by atomic mass is 16.5. The first-order chi connectivity index (χ1) is 14.1. The Morgan fingerprint density at radius 2 is 2.03 bits per heavy atom. The number of benzene rings is 2. The van der Waals surface area contributed by atoms with E-state index in [1.807, 2.05) is 0 Å². The number of phenols is 1. The molecule has 29 heavy (non-hydrogen) atoms. The molecule has 1 aliphatic rings. The average molecular weight is 387 g/mol. The number of methoxy groups -OCH3 is 1. The number of ether oxygens (including phenoxy) is 2. The summed E-state index contributed by atoms with van der Waals surface area (Å²) < 4.78 is 16.2. The highest BCUT2D eigenvalue weighted by molar-refractivity contribution is 5.86. The number of hydrogen-bond donors (Lipinski definition) is 2. The van der Waals surface area contributed by atoms with Gasteiger partial charge in [-0.15, -0.1) is 0 Å². The maximum absolute atomic E-state index is 10.4. The zero-order valence-electron chi connectivity index (χ0n) is 15.5. The Bertz CT molecular complexity index is 1140. The molecule has 0 aliphatic carbocycles. The summed E-state index contributed by atoms with van der Waals surface area (Å²) in [5.74, 6) is 1.08. The number of allylic oxidation sites excluding steroid dienone is 1. The van der Waals surface area contributed by atoms with Crippen LogP contribution in [-0.2, 0) is 0 Å². The van der Waals surface area contributed by atoms with Gasteiger partial charge in [0.05, 0.1) is 25.0 Å². The number of phenolic OH excluding ortho intramolecular Hbond substituents is 1. The zero-order valence-corrected chi connectivity index (χ0v) is 15.5. The molecule has 0 saturated carbocycles. The summed E-state index contributed by atoms with van der Waals surface area (Å²) in [4.78, 5) is 4.40. The Hall–Kier alpha value is -4.18. The van der Waals surface area contributed by atoms with Gasteiger partial charge in [-0.25, -0.2) is 0 Å². The van der Waals surface area contributed by atoms with Crippen molar-refractivity contribution in [3.63, 3.8) is 0 Å². The first kappa shape index (κ1) is 18.2. The highest BCUT2D eigenvalue weighted by Gasteiger charge is 2.33. The van der Waals surface area contributed by atoms with E-state index in [0.29, 0.717) is 28.3 Å².